The Morgan fingerprint density at radius 3 is 2.60 bits per heavy atom. The highest BCUT2D eigenvalue weighted by Gasteiger charge is 2.10. The Balaban J connectivity index is 2.06. The molecule has 0 aliphatic heterocycles. The molecule has 6 heteroatoms. The fourth-order valence-electron chi connectivity index (χ4n) is 2.08. The summed E-state index contributed by atoms with van der Waals surface area (Å²) in [6.45, 7) is 4.43. The van der Waals surface area contributed by atoms with E-state index in [2.05, 4.69) is 33.2 Å². The number of carbonyl (C=O) groups is 1. The molecule has 5 nitrogen and oxygen atoms in total. The first-order chi connectivity index (χ1) is 12.0. The van der Waals surface area contributed by atoms with Crippen molar-refractivity contribution in [2.75, 3.05) is 17.2 Å². The smallest absolute Gasteiger partial charge is 0.267 e. The van der Waals surface area contributed by atoms with Crippen molar-refractivity contribution in [3.05, 3.63) is 63.4 Å². The van der Waals surface area contributed by atoms with E-state index in [0.717, 1.165) is 20.6 Å². The summed E-state index contributed by atoms with van der Waals surface area (Å²) in [7, 11) is 0. The van der Waals surface area contributed by atoms with Crippen molar-refractivity contribution in [1.82, 2.24) is 0 Å². The van der Waals surface area contributed by atoms with Gasteiger partial charge in [-0.1, -0.05) is 0 Å². The molecular formula is C19H18IN3O2. The number of hydrogen-bond acceptors (Lipinski definition) is 4. The molecule has 0 aromatic heterocycles. The van der Waals surface area contributed by atoms with Gasteiger partial charge in [-0.3, -0.25) is 4.79 Å². The van der Waals surface area contributed by atoms with Gasteiger partial charge in [0.05, 0.1) is 6.61 Å². The van der Waals surface area contributed by atoms with Crippen molar-refractivity contribution in [1.29, 1.82) is 5.26 Å². The number of amides is 1. The number of carbonyl (C=O) groups excluding carboxylic acids is 1. The van der Waals surface area contributed by atoms with Gasteiger partial charge in [-0.2, -0.15) is 5.26 Å². The summed E-state index contributed by atoms with van der Waals surface area (Å²) in [5.41, 5.74) is 2.38. The van der Waals surface area contributed by atoms with Crippen LogP contribution in [0.2, 0.25) is 0 Å². The molecule has 0 fully saturated rings. The van der Waals surface area contributed by atoms with E-state index in [1.54, 1.807) is 0 Å². The standard InChI is InChI=1S/C19H18IN3O2/c1-3-25-17-7-5-16(6-8-17)22-12-14(11-21)19(24)23-18-9-4-15(20)10-13(18)2/h4-10,12,22H,3H2,1-2H3,(H,23,24)/b14-12-. The predicted molar refractivity (Wildman–Crippen MR) is 107 cm³/mol. The van der Waals surface area contributed by atoms with Gasteiger partial charge in [0.15, 0.2) is 0 Å². The minimum Gasteiger partial charge on any atom is -0.494 e. The van der Waals surface area contributed by atoms with Crippen LogP contribution in [0.5, 0.6) is 5.75 Å². The maximum absolute atomic E-state index is 12.3. The van der Waals surface area contributed by atoms with Crippen LogP contribution in [0, 0.1) is 21.8 Å². The summed E-state index contributed by atoms with van der Waals surface area (Å²) in [4.78, 5) is 12.3. The lowest BCUT2D eigenvalue weighted by Crippen LogP contribution is -2.15. The molecule has 128 valence electrons. The van der Waals surface area contributed by atoms with E-state index in [1.807, 2.05) is 62.4 Å². The first-order valence-electron chi connectivity index (χ1n) is 7.70. The second-order valence-electron chi connectivity index (χ2n) is 5.18. The molecule has 0 aliphatic rings. The first-order valence-corrected chi connectivity index (χ1v) is 8.78. The Morgan fingerprint density at radius 2 is 2.00 bits per heavy atom. The zero-order valence-electron chi connectivity index (χ0n) is 14.0. The number of anilines is 2. The Morgan fingerprint density at radius 1 is 1.28 bits per heavy atom. The van der Waals surface area contributed by atoms with Crippen LogP contribution < -0.4 is 15.4 Å². The number of ether oxygens (including phenoxy) is 1. The lowest BCUT2D eigenvalue weighted by atomic mass is 10.2. The van der Waals surface area contributed by atoms with Gasteiger partial charge in [0, 0.05) is 21.1 Å². The first kappa shape index (κ1) is 18.8. The summed E-state index contributed by atoms with van der Waals surface area (Å²) in [6.07, 6.45) is 1.40. The molecule has 0 radical (unpaired) electrons. The molecule has 2 N–H and O–H groups in total. The number of nitrogens with one attached hydrogen (secondary N) is 2. The third-order valence-corrected chi connectivity index (χ3v) is 4.02. The van der Waals surface area contributed by atoms with Crippen LogP contribution >= 0.6 is 22.6 Å². The number of halogens is 1. The van der Waals surface area contributed by atoms with Crippen molar-refractivity contribution < 1.29 is 9.53 Å². The number of aryl methyl sites for hydroxylation is 1. The van der Waals surface area contributed by atoms with E-state index in [4.69, 9.17) is 4.74 Å². The van der Waals surface area contributed by atoms with Crippen LogP contribution in [0.4, 0.5) is 11.4 Å². The SMILES string of the molecule is CCOc1ccc(N/C=C(/C#N)C(=O)Nc2ccc(I)cc2C)cc1. The van der Waals surface area contributed by atoms with Crippen LogP contribution in [-0.2, 0) is 4.79 Å². The zero-order valence-corrected chi connectivity index (χ0v) is 16.1. The average molecular weight is 447 g/mol. The molecule has 0 spiro atoms. The summed E-state index contributed by atoms with van der Waals surface area (Å²) < 4.78 is 6.46. The molecule has 0 unspecified atom stereocenters. The van der Waals surface area contributed by atoms with E-state index in [0.29, 0.717) is 12.3 Å². The van der Waals surface area contributed by atoms with Crippen LogP contribution in [-0.4, -0.2) is 12.5 Å². The molecule has 0 bridgehead atoms. The quantitative estimate of drug-likeness (QED) is 0.390. The summed E-state index contributed by atoms with van der Waals surface area (Å²) in [5.74, 6) is 0.315. The van der Waals surface area contributed by atoms with Crippen LogP contribution in [0.25, 0.3) is 0 Å². The van der Waals surface area contributed by atoms with Crippen molar-refractivity contribution in [2.45, 2.75) is 13.8 Å². The van der Waals surface area contributed by atoms with Gasteiger partial charge in [0.1, 0.15) is 17.4 Å². The zero-order chi connectivity index (χ0) is 18.2. The lowest BCUT2D eigenvalue weighted by Gasteiger charge is -2.09. The van der Waals surface area contributed by atoms with Gasteiger partial charge < -0.3 is 15.4 Å². The number of nitriles is 1. The van der Waals surface area contributed by atoms with Crippen LogP contribution in [0.15, 0.2) is 54.2 Å². The van der Waals surface area contributed by atoms with Gasteiger partial charge in [-0.05, 0) is 84.5 Å². The second kappa shape index (κ2) is 9.08. The second-order valence-corrected chi connectivity index (χ2v) is 6.43. The predicted octanol–water partition coefficient (Wildman–Crippen LogP) is 4.46. The molecule has 0 saturated heterocycles. The normalized spacial score (nSPS) is 10.7. The third-order valence-electron chi connectivity index (χ3n) is 3.35. The summed E-state index contributed by atoms with van der Waals surface area (Å²) in [5, 5.41) is 15.0. The minimum atomic E-state index is -0.453. The fraction of sp³-hybridized carbons (Fsp3) is 0.158. The topological polar surface area (TPSA) is 74.1 Å². The van der Waals surface area contributed by atoms with Crippen molar-refractivity contribution in [2.24, 2.45) is 0 Å². The van der Waals surface area contributed by atoms with E-state index in [9.17, 15) is 10.1 Å². The maximum Gasteiger partial charge on any atom is 0.267 e. The third kappa shape index (κ3) is 5.50. The molecule has 2 rings (SSSR count). The Hall–Kier alpha value is -2.53. The van der Waals surface area contributed by atoms with Crippen LogP contribution in [0.3, 0.4) is 0 Å². The van der Waals surface area contributed by atoms with Gasteiger partial charge in [0.25, 0.3) is 5.91 Å². The van der Waals surface area contributed by atoms with E-state index >= 15 is 0 Å². The Labute approximate surface area is 160 Å². The lowest BCUT2D eigenvalue weighted by molar-refractivity contribution is -0.112. The highest BCUT2D eigenvalue weighted by atomic mass is 127. The largest absolute Gasteiger partial charge is 0.494 e. The average Bonchev–Trinajstić information content (AvgIpc) is 2.59. The Bertz CT molecular complexity index is 824. The monoisotopic (exact) mass is 447 g/mol. The number of benzene rings is 2. The van der Waals surface area contributed by atoms with Gasteiger partial charge in [0.2, 0.25) is 0 Å². The minimum absolute atomic E-state index is 0.00756. The Kier molecular flexibility index (Phi) is 6.83. The van der Waals surface area contributed by atoms with E-state index in [-0.39, 0.29) is 5.57 Å². The highest BCUT2D eigenvalue weighted by molar-refractivity contribution is 14.1. The molecule has 1 amide bonds. The molecule has 25 heavy (non-hydrogen) atoms. The molecule has 2 aromatic carbocycles. The summed E-state index contributed by atoms with van der Waals surface area (Å²) >= 11 is 2.21. The molecule has 2 aromatic rings. The van der Waals surface area contributed by atoms with Gasteiger partial charge >= 0.3 is 0 Å². The highest BCUT2D eigenvalue weighted by Crippen LogP contribution is 2.19. The molecular weight excluding hydrogens is 429 g/mol. The molecule has 0 heterocycles. The number of hydrogen-bond donors (Lipinski definition) is 2. The van der Waals surface area contributed by atoms with Crippen molar-refractivity contribution in [3.63, 3.8) is 0 Å². The van der Waals surface area contributed by atoms with Gasteiger partial charge in [-0.15, -0.1) is 0 Å². The number of rotatable bonds is 6. The number of nitrogens with zero attached hydrogens (tertiary/aromatic N) is 1. The van der Waals surface area contributed by atoms with Crippen LogP contribution in [0.1, 0.15) is 12.5 Å². The molecule has 0 saturated carbocycles. The van der Waals surface area contributed by atoms with Gasteiger partial charge in [-0.25, -0.2) is 0 Å². The maximum atomic E-state index is 12.3. The van der Waals surface area contributed by atoms with E-state index in [1.165, 1.54) is 6.20 Å². The molecule has 0 atom stereocenters. The molecule has 0 aliphatic carbocycles. The fourth-order valence-corrected chi connectivity index (χ4v) is 2.72. The van der Waals surface area contributed by atoms with Crippen molar-refractivity contribution in [3.8, 4) is 11.8 Å². The van der Waals surface area contributed by atoms with E-state index < -0.39 is 5.91 Å². The summed E-state index contributed by atoms with van der Waals surface area (Å²) in [6, 6.07) is 14.9. The van der Waals surface area contributed by atoms with Crippen molar-refractivity contribution >= 4 is 39.9 Å².